The topological polar surface area (TPSA) is 34.0 Å². The van der Waals surface area contributed by atoms with Crippen LogP contribution in [-0.4, -0.2) is 19.5 Å². The van der Waals surface area contributed by atoms with Gasteiger partial charge in [-0.3, -0.25) is 0 Å². The van der Waals surface area contributed by atoms with Crippen LogP contribution in [0, 0.1) is 5.82 Å². The molecule has 0 heterocycles. The first-order valence-corrected chi connectivity index (χ1v) is 6.72. The molecule has 0 aliphatic carbocycles. The Morgan fingerprint density at radius 1 is 1.05 bits per heavy atom. The summed E-state index contributed by atoms with van der Waals surface area (Å²) in [6.45, 7) is 1.99. The normalized spacial score (nSPS) is 11.4. The van der Waals surface area contributed by atoms with Crippen LogP contribution in [-0.2, 0) is 6.42 Å². The molecular weight excluding hydrogens is 267 g/mol. The van der Waals surface area contributed by atoms with Gasteiger partial charge in [0.15, 0.2) is 0 Å². The average Bonchev–Trinajstić information content (AvgIpc) is 2.53. The summed E-state index contributed by atoms with van der Waals surface area (Å²) in [4.78, 5) is 0. The number of halogens is 1. The quantitative estimate of drug-likeness (QED) is 0.606. The van der Waals surface area contributed by atoms with Crippen LogP contribution in [0.25, 0.3) is 0 Å². The molecule has 2 rings (SSSR count). The van der Waals surface area contributed by atoms with Gasteiger partial charge in [-0.2, -0.15) is 10.2 Å². The smallest absolute Gasteiger partial charge is 0.132 e. The van der Waals surface area contributed by atoms with Gasteiger partial charge in [-0.25, -0.2) is 4.39 Å². The first kappa shape index (κ1) is 14.9. The Morgan fingerprint density at radius 2 is 1.76 bits per heavy atom. The molecule has 2 aromatic carbocycles. The first-order valence-electron chi connectivity index (χ1n) is 6.72. The zero-order valence-corrected chi connectivity index (χ0v) is 12.1. The number of aryl methyl sites for hydroxylation is 1. The van der Waals surface area contributed by atoms with E-state index < -0.39 is 0 Å². The fourth-order valence-corrected chi connectivity index (χ4v) is 1.78. The minimum Gasteiger partial charge on any atom is -0.497 e. The van der Waals surface area contributed by atoms with Crippen LogP contribution in [0.2, 0.25) is 0 Å². The van der Waals surface area contributed by atoms with Gasteiger partial charge in [0.25, 0.3) is 0 Å². The summed E-state index contributed by atoms with van der Waals surface area (Å²) in [5.41, 5.74) is 2.29. The van der Waals surface area contributed by atoms with Crippen molar-refractivity contribution in [2.45, 2.75) is 13.3 Å². The van der Waals surface area contributed by atoms with Crippen LogP contribution < -0.4 is 4.74 Å². The summed E-state index contributed by atoms with van der Waals surface area (Å²) < 4.78 is 18.8. The summed E-state index contributed by atoms with van der Waals surface area (Å²) in [6.07, 6.45) is 3.83. The van der Waals surface area contributed by atoms with Crippen LogP contribution in [0.15, 0.2) is 52.7 Å². The van der Waals surface area contributed by atoms with Crippen molar-refractivity contribution in [3.63, 3.8) is 0 Å². The molecule has 4 heteroatoms. The van der Waals surface area contributed by atoms with Crippen molar-refractivity contribution in [3.05, 3.63) is 65.0 Å². The Bertz CT molecular complexity index is 648. The van der Waals surface area contributed by atoms with Crippen molar-refractivity contribution < 1.29 is 9.13 Å². The van der Waals surface area contributed by atoms with Gasteiger partial charge in [-0.15, -0.1) is 0 Å². The van der Waals surface area contributed by atoms with Crippen molar-refractivity contribution in [1.82, 2.24) is 0 Å². The third-order valence-corrected chi connectivity index (χ3v) is 3.06. The largest absolute Gasteiger partial charge is 0.497 e. The molecule has 0 N–H and O–H groups in total. The summed E-state index contributed by atoms with van der Waals surface area (Å²) >= 11 is 0. The van der Waals surface area contributed by atoms with E-state index in [1.807, 2.05) is 37.3 Å². The van der Waals surface area contributed by atoms with Gasteiger partial charge < -0.3 is 4.74 Å². The van der Waals surface area contributed by atoms with E-state index in [1.54, 1.807) is 19.4 Å². The van der Waals surface area contributed by atoms with Crippen LogP contribution >= 0.6 is 0 Å². The van der Waals surface area contributed by atoms with Gasteiger partial charge in [-0.05, 0) is 47.9 Å². The van der Waals surface area contributed by atoms with Gasteiger partial charge in [0.05, 0.1) is 19.5 Å². The molecule has 2 aromatic rings. The van der Waals surface area contributed by atoms with Crippen molar-refractivity contribution in [2.75, 3.05) is 7.11 Å². The van der Waals surface area contributed by atoms with E-state index in [0.717, 1.165) is 23.3 Å². The molecule has 3 nitrogen and oxygen atoms in total. The Morgan fingerprint density at radius 3 is 2.38 bits per heavy atom. The fourth-order valence-electron chi connectivity index (χ4n) is 1.78. The van der Waals surface area contributed by atoms with E-state index in [4.69, 9.17) is 4.74 Å². The van der Waals surface area contributed by atoms with Gasteiger partial charge in [-0.1, -0.05) is 19.1 Å². The number of nitrogens with zero attached hydrogens (tertiary/aromatic N) is 2. The van der Waals surface area contributed by atoms with Gasteiger partial charge in [0, 0.05) is 5.56 Å². The first-order chi connectivity index (χ1) is 10.2. The lowest BCUT2D eigenvalue weighted by atomic mass is 10.1. The third kappa shape index (κ3) is 4.24. The molecule has 0 aliphatic rings. The lowest BCUT2D eigenvalue weighted by molar-refractivity contribution is 0.415. The van der Waals surface area contributed by atoms with E-state index in [1.165, 1.54) is 12.3 Å². The van der Waals surface area contributed by atoms with E-state index in [0.29, 0.717) is 5.56 Å². The molecule has 0 fully saturated rings. The van der Waals surface area contributed by atoms with E-state index >= 15 is 0 Å². The van der Waals surface area contributed by atoms with Gasteiger partial charge in [0.2, 0.25) is 0 Å². The van der Waals surface area contributed by atoms with Crippen LogP contribution in [0.1, 0.15) is 23.6 Å². The lowest BCUT2D eigenvalue weighted by Gasteiger charge is -1.99. The fraction of sp³-hybridized carbons (Fsp3) is 0.176. The predicted octanol–water partition coefficient (Wildman–Crippen LogP) is 3.85. The zero-order chi connectivity index (χ0) is 15.1. The number of rotatable bonds is 5. The highest BCUT2D eigenvalue weighted by Crippen LogP contribution is 2.10. The number of hydrogen-bond acceptors (Lipinski definition) is 3. The van der Waals surface area contributed by atoms with Gasteiger partial charge >= 0.3 is 0 Å². The Kier molecular flexibility index (Phi) is 5.21. The van der Waals surface area contributed by atoms with E-state index in [2.05, 4.69) is 10.2 Å². The molecule has 0 saturated carbocycles. The van der Waals surface area contributed by atoms with Crippen LogP contribution in [0.5, 0.6) is 5.75 Å². The lowest BCUT2D eigenvalue weighted by Crippen LogP contribution is -1.90. The average molecular weight is 284 g/mol. The van der Waals surface area contributed by atoms with E-state index in [-0.39, 0.29) is 5.82 Å². The molecule has 0 aromatic heterocycles. The predicted molar refractivity (Wildman–Crippen MR) is 84.0 cm³/mol. The summed E-state index contributed by atoms with van der Waals surface area (Å²) in [7, 11) is 1.62. The summed E-state index contributed by atoms with van der Waals surface area (Å²) in [5, 5.41) is 7.78. The highest BCUT2D eigenvalue weighted by atomic mass is 19.1. The van der Waals surface area contributed by atoms with Crippen molar-refractivity contribution in [2.24, 2.45) is 10.2 Å². The Labute approximate surface area is 123 Å². The van der Waals surface area contributed by atoms with E-state index in [9.17, 15) is 4.39 Å². The molecule has 0 amide bonds. The summed E-state index contributed by atoms with van der Waals surface area (Å²) in [6, 6.07) is 12.5. The van der Waals surface area contributed by atoms with Crippen molar-refractivity contribution in [3.8, 4) is 5.75 Å². The molecule has 0 aliphatic heterocycles. The maximum atomic E-state index is 13.7. The number of hydrogen-bond donors (Lipinski definition) is 0. The van der Waals surface area contributed by atoms with Crippen molar-refractivity contribution in [1.29, 1.82) is 0 Å². The molecule has 0 radical (unpaired) electrons. The second kappa shape index (κ2) is 7.33. The molecule has 0 bridgehead atoms. The molecule has 108 valence electrons. The van der Waals surface area contributed by atoms with Crippen LogP contribution in [0.4, 0.5) is 4.39 Å². The van der Waals surface area contributed by atoms with Gasteiger partial charge in [0.1, 0.15) is 11.6 Å². The maximum Gasteiger partial charge on any atom is 0.132 e. The molecule has 0 spiro atoms. The molecular formula is C17H17FN2O. The number of methoxy groups -OCH3 is 1. The number of ether oxygens (including phenoxy) is 1. The zero-order valence-electron chi connectivity index (χ0n) is 12.1. The second-order valence-corrected chi connectivity index (χ2v) is 4.47. The third-order valence-electron chi connectivity index (χ3n) is 3.06. The monoisotopic (exact) mass is 284 g/mol. The SMILES string of the molecule is CCc1ccc(/C=N/N=C/c2ccc(OC)cc2)c(F)c1. The second-order valence-electron chi connectivity index (χ2n) is 4.47. The van der Waals surface area contributed by atoms with Crippen molar-refractivity contribution >= 4 is 12.4 Å². The Balaban J connectivity index is 2.02. The summed E-state index contributed by atoms with van der Waals surface area (Å²) in [5.74, 6) is 0.506. The minimum absolute atomic E-state index is 0.280. The number of benzene rings is 2. The molecule has 0 saturated heterocycles. The molecule has 21 heavy (non-hydrogen) atoms. The highest BCUT2D eigenvalue weighted by molar-refractivity contribution is 5.83. The molecule has 0 unspecified atom stereocenters. The molecule has 0 atom stereocenters. The van der Waals surface area contributed by atoms with Crippen LogP contribution in [0.3, 0.4) is 0 Å². The standard InChI is InChI=1S/C17H17FN2O/c1-3-13-4-7-15(17(18)10-13)12-20-19-11-14-5-8-16(21-2)9-6-14/h4-12H,3H2,1-2H3/b19-11+,20-12+. The maximum absolute atomic E-state index is 13.7. The highest BCUT2D eigenvalue weighted by Gasteiger charge is 1.99. The Hall–Kier alpha value is -2.49. The minimum atomic E-state index is -0.280.